The molecule has 0 spiro atoms. The van der Waals surface area contributed by atoms with Crippen LogP contribution < -0.4 is 5.32 Å². The van der Waals surface area contributed by atoms with Crippen molar-refractivity contribution >= 4 is 12.2 Å². The number of aromatic nitrogens is 1. The number of H-pyrrole nitrogens is 1. The van der Waals surface area contributed by atoms with E-state index in [1.807, 2.05) is 0 Å². The van der Waals surface area contributed by atoms with Crippen LogP contribution in [0.2, 0.25) is 0 Å². The largest absolute Gasteiger partial charge is 0.349 e. The van der Waals surface area contributed by atoms with Crippen LogP contribution in [0.25, 0.3) is 0 Å². The van der Waals surface area contributed by atoms with E-state index in [0.717, 1.165) is 19.4 Å². The Bertz CT molecular complexity index is 540. The van der Waals surface area contributed by atoms with Crippen LogP contribution >= 0.6 is 0 Å². The van der Waals surface area contributed by atoms with Gasteiger partial charge in [0.15, 0.2) is 6.29 Å². The summed E-state index contributed by atoms with van der Waals surface area (Å²) in [5.74, 6) is -0.111. The molecule has 1 saturated carbocycles. The summed E-state index contributed by atoms with van der Waals surface area (Å²) in [5, 5.41) is 3.12. The maximum absolute atomic E-state index is 12.4. The Kier molecular flexibility index (Phi) is 5.16. The van der Waals surface area contributed by atoms with Crippen LogP contribution in [0.1, 0.15) is 72.3 Å². The summed E-state index contributed by atoms with van der Waals surface area (Å²) in [5.41, 5.74) is 1.05. The summed E-state index contributed by atoms with van der Waals surface area (Å²) in [4.78, 5) is 28.6. The predicted molar refractivity (Wildman–Crippen MR) is 89.8 cm³/mol. The SMILES string of the molecule is O=Cc1ccc(C(=O)NCC2(N3CCCCC3)CCCCC2)[nH]1. The average molecular weight is 317 g/mol. The lowest BCUT2D eigenvalue weighted by molar-refractivity contribution is 0.0326. The van der Waals surface area contributed by atoms with Crippen molar-refractivity contribution in [1.29, 1.82) is 0 Å². The third-order valence-corrected chi connectivity index (χ3v) is 5.47. The topological polar surface area (TPSA) is 65.2 Å². The first-order valence-corrected chi connectivity index (χ1v) is 8.91. The van der Waals surface area contributed by atoms with Gasteiger partial charge in [0.05, 0.1) is 5.69 Å². The van der Waals surface area contributed by atoms with Crippen LogP contribution in [0, 0.1) is 0 Å². The number of hydrogen-bond donors (Lipinski definition) is 2. The van der Waals surface area contributed by atoms with E-state index in [1.165, 1.54) is 51.4 Å². The van der Waals surface area contributed by atoms with Crippen LogP contribution in [-0.2, 0) is 0 Å². The van der Waals surface area contributed by atoms with Gasteiger partial charge in [-0.2, -0.15) is 0 Å². The van der Waals surface area contributed by atoms with Crippen LogP contribution in [0.5, 0.6) is 0 Å². The standard InChI is InChI=1S/C18H27N3O2/c22-13-15-7-8-16(20-15)17(23)19-14-18(9-3-1-4-10-18)21-11-5-2-6-12-21/h7-8,13,20H,1-6,9-12,14H2,(H,19,23). The Morgan fingerprint density at radius 1 is 1.13 bits per heavy atom. The third kappa shape index (κ3) is 3.66. The second-order valence-electron chi connectivity index (χ2n) is 6.96. The van der Waals surface area contributed by atoms with Crippen LogP contribution in [0.15, 0.2) is 12.1 Å². The van der Waals surface area contributed by atoms with Crippen LogP contribution in [0.3, 0.4) is 0 Å². The summed E-state index contributed by atoms with van der Waals surface area (Å²) in [7, 11) is 0. The number of nitrogens with one attached hydrogen (secondary N) is 2. The van der Waals surface area contributed by atoms with Crippen molar-refractivity contribution in [2.45, 2.75) is 56.9 Å². The van der Waals surface area contributed by atoms with Gasteiger partial charge >= 0.3 is 0 Å². The summed E-state index contributed by atoms with van der Waals surface area (Å²) in [6.07, 6.45) is 10.8. The van der Waals surface area contributed by atoms with Gasteiger partial charge in [0.25, 0.3) is 5.91 Å². The fourth-order valence-electron chi connectivity index (χ4n) is 4.14. The number of nitrogens with zero attached hydrogens (tertiary/aromatic N) is 1. The summed E-state index contributed by atoms with van der Waals surface area (Å²) >= 11 is 0. The van der Waals surface area contributed by atoms with Gasteiger partial charge < -0.3 is 10.3 Å². The molecular formula is C18H27N3O2. The van der Waals surface area contributed by atoms with E-state index in [9.17, 15) is 9.59 Å². The van der Waals surface area contributed by atoms with Gasteiger partial charge in [-0.15, -0.1) is 0 Å². The maximum Gasteiger partial charge on any atom is 0.267 e. The number of aromatic amines is 1. The molecule has 0 radical (unpaired) electrons. The zero-order chi connectivity index (χ0) is 16.1. The molecular weight excluding hydrogens is 290 g/mol. The highest BCUT2D eigenvalue weighted by molar-refractivity contribution is 5.93. The van der Waals surface area contributed by atoms with E-state index in [0.29, 0.717) is 17.9 Å². The van der Waals surface area contributed by atoms with E-state index in [4.69, 9.17) is 0 Å². The Labute approximate surface area is 137 Å². The Balaban J connectivity index is 1.66. The molecule has 5 nitrogen and oxygen atoms in total. The smallest absolute Gasteiger partial charge is 0.267 e. The molecule has 1 aliphatic heterocycles. The van der Waals surface area contributed by atoms with E-state index >= 15 is 0 Å². The molecule has 23 heavy (non-hydrogen) atoms. The Morgan fingerprint density at radius 3 is 2.48 bits per heavy atom. The maximum atomic E-state index is 12.4. The Hall–Kier alpha value is -1.62. The summed E-state index contributed by atoms with van der Waals surface area (Å²) < 4.78 is 0. The lowest BCUT2D eigenvalue weighted by Crippen LogP contribution is -2.58. The molecule has 126 valence electrons. The lowest BCUT2D eigenvalue weighted by Gasteiger charge is -2.48. The minimum absolute atomic E-state index is 0.111. The molecule has 0 atom stereocenters. The van der Waals surface area contributed by atoms with Crippen LogP contribution in [0.4, 0.5) is 0 Å². The van der Waals surface area contributed by atoms with Gasteiger partial charge in [-0.3, -0.25) is 14.5 Å². The van der Waals surface area contributed by atoms with Crippen molar-refractivity contribution in [3.05, 3.63) is 23.5 Å². The van der Waals surface area contributed by atoms with Crippen molar-refractivity contribution < 1.29 is 9.59 Å². The van der Waals surface area contributed by atoms with Gasteiger partial charge in [-0.1, -0.05) is 25.7 Å². The lowest BCUT2D eigenvalue weighted by atomic mass is 9.79. The third-order valence-electron chi connectivity index (χ3n) is 5.47. The molecule has 0 bridgehead atoms. The van der Waals surface area contributed by atoms with Gasteiger partial charge in [0.2, 0.25) is 0 Å². The van der Waals surface area contributed by atoms with Crippen molar-refractivity contribution in [2.24, 2.45) is 0 Å². The molecule has 1 aliphatic carbocycles. The van der Waals surface area contributed by atoms with E-state index in [1.54, 1.807) is 12.1 Å². The molecule has 0 aromatic carbocycles. The van der Waals surface area contributed by atoms with E-state index in [-0.39, 0.29) is 11.4 Å². The number of carbonyl (C=O) groups excluding carboxylic acids is 2. The number of piperidine rings is 1. The molecule has 5 heteroatoms. The number of carbonyl (C=O) groups is 2. The molecule has 1 amide bonds. The number of hydrogen-bond acceptors (Lipinski definition) is 3. The molecule has 0 unspecified atom stereocenters. The molecule has 2 N–H and O–H groups in total. The zero-order valence-electron chi connectivity index (χ0n) is 13.8. The second kappa shape index (κ2) is 7.30. The minimum atomic E-state index is -0.111. The molecule has 1 aromatic rings. The quantitative estimate of drug-likeness (QED) is 0.821. The predicted octanol–water partition coefficient (Wildman–Crippen LogP) is 2.75. The highest BCUT2D eigenvalue weighted by atomic mass is 16.2. The van der Waals surface area contributed by atoms with Crippen molar-refractivity contribution in [2.75, 3.05) is 19.6 Å². The number of aldehydes is 1. The average Bonchev–Trinajstić information content (AvgIpc) is 3.10. The fraction of sp³-hybridized carbons (Fsp3) is 0.667. The van der Waals surface area contributed by atoms with Crippen LogP contribution in [-0.4, -0.2) is 47.3 Å². The van der Waals surface area contributed by atoms with Gasteiger partial charge in [-0.05, 0) is 50.9 Å². The number of likely N-dealkylation sites (tertiary alicyclic amines) is 1. The summed E-state index contributed by atoms with van der Waals surface area (Å²) in [6, 6.07) is 3.32. The van der Waals surface area contributed by atoms with Gasteiger partial charge in [0.1, 0.15) is 5.69 Å². The van der Waals surface area contributed by atoms with Crippen molar-refractivity contribution in [1.82, 2.24) is 15.2 Å². The highest BCUT2D eigenvalue weighted by Crippen LogP contribution is 2.35. The molecule has 3 rings (SSSR count). The molecule has 2 heterocycles. The minimum Gasteiger partial charge on any atom is -0.349 e. The van der Waals surface area contributed by atoms with Gasteiger partial charge in [-0.25, -0.2) is 0 Å². The van der Waals surface area contributed by atoms with E-state index in [2.05, 4.69) is 15.2 Å². The molecule has 2 aliphatic rings. The van der Waals surface area contributed by atoms with E-state index < -0.39 is 0 Å². The van der Waals surface area contributed by atoms with Crippen molar-refractivity contribution in [3.63, 3.8) is 0 Å². The number of amides is 1. The molecule has 2 fully saturated rings. The monoisotopic (exact) mass is 317 g/mol. The second-order valence-corrected chi connectivity index (χ2v) is 6.96. The normalized spacial score (nSPS) is 21.7. The summed E-state index contributed by atoms with van der Waals surface area (Å²) in [6.45, 7) is 3.03. The van der Waals surface area contributed by atoms with Gasteiger partial charge in [0, 0.05) is 12.1 Å². The zero-order valence-corrected chi connectivity index (χ0v) is 13.8. The molecule has 1 aromatic heterocycles. The first-order chi connectivity index (χ1) is 11.2. The highest BCUT2D eigenvalue weighted by Gasteiger charge is 2.38. The molecule has 1 saturated heterocycles. The first-order valence-electron chi connectivity index (χ1n) is 8.91. The first kappa shape index (κ1) is 16.2. The number of rotatable bonds is 5. The van der Waals surface area contributed by atoms with Crippen molar-refractivity contribution in [3.8, 4) is 0 Å². The fourth-order valence-corrected chi connectivity index (χ4v) is 4.14. The Morgan fingerprint density at radius 2 is 1.83 bits per heavy atom.